The van der Waals surface area contributed by atoms with Crippen LogP contribution in [0.5, 0.6) is 11.6 Å². The highest BCUT2D eigenvalue weighted by Crippen LogP contribution is 2.30. The monoisotopic (exact) mass is 493 g/mol. The van der Waals surface area contributed by atoms with Crippen molar-refractivity contribution in [1.82, 2.24) is 14.5 Å². The molecule has 0 radical (unpaired) electrons. The molecular formula is C24H26F3N3O3S. The number of alkyl halides is 3. The van der Waals surface area contributed by atoms with Crippen LogP contribution in [-0.4, -0.2) is 30.1 Å². The highest BCUT2D eigenvalue weighted by Gasteiger charge is 2.35. The van der Waals surface area contributed by atoms with Gasteiger partial charge in [0.25, 0.3) is 0 Å². The van der Waals surface area contributed by atoms with Crippen molar-refractivity contribution in [3.63, 3.8) is 0 Å². The lowest BCUT2D eigenvalue weighted by Crippen LogP contribution is -2.32. The molecule has 1 N–H and O–H groups in total. The molecule has 182 valence electrons. The minimum atomic E-state index is -4.85. The molecule has 34 heavy (non-hydrogen) atoms. The van der Waals surface area contributed by atoms with Crippen LogP contribution in [-0.2, 0) is 16.6 Å². The summed E-state index contributed by atoms with van der Waals surface area (Å²) < 4.78 is 70.6. The van der Waals surface area contributed by atoms with Crippen molar-refractivity contribution in [2.75, 3.05) is 5.75 Å². The van der Waals surface area contributed by atoms with E-state index in [1.54, 1.807) is 35.0 Å². The summed E-state index contributed by atoms with van der Waals surface area (Å²) >= 11 is 0. The minimum absolute atomic E-state index is 0.164. The molecule has 1 aromatic heterocycles. The van der Waals surface area contributed by atoms with Crippen LogP contribution >= 0.6 is 0 Å². The second-order valence-electron chi connectivity index (χ2n) is 8.05. The average Bonchev–Trinajstić information content (AvgIpc) is 3.15. The first-order valence-electron chi connectivity index (χ1n) is 10.6. The van der Waals surface area contributed by atoms with Gasteiger partial charge in [0.2, 0.25) is 15.9 Å². The molecule has 1 heterocycles. The van der Waals surface area contributed by atoms with E-state index in [-0.39, 0.29) is 5.70 Å². The maximum Gasteiger partial charge on any atom is 0.404 e. The van der Waals surface area contributed by atoms with Crippen LogP contribution in [0.3, 0.4) is 0 Å². The normalized spacial score (nSPS) is 12.1. The fraction of sp³-hybridized carbons (Fsp3) is 0.292. The number of nitrogens with zero attached hydrogens (tertiary/aromatic N) is 2. The average molecular weight is 494 g/mol. The Morgan fingerprint density at radius 3 is 2.41 bits per heavy atom. The molecular weight excluding hydrogens is 467 g/mol. The number of aryl methyl sites for hydroxylation is 1. The Morgan fingerprint density at radius 1 is 1.15 bits per heavy atom. The SMILES string of the molecule is C=C(NS(=O)(=O)CC(F)(F)F)c1cccc(-c2cc(Oc3ccc(C(C)C)cc3)n(CC)n2)c1. The van der Waals surface area contributed by atoms with Gasteiger partial charge in [0.15, 0.2) is 5.75 Å². The van der Waals surface area contributed by atoms with E-state index in [2.05, 4.69) is 25.5 Å². The van der Waals surface area contributed by atoms with Crippen molar-refractivity contribution in [2.24, 2.45) is 0 Å². The molecule has 0 saturated heterocycles. The van der Waals surface area contributed by atoms with Crippen LogP contribution in [0.15, 0.2) is 61.2 Å². The third kappa shape index (κ3) is 6.63. The second kappa shape index (κ2) is 9.92. The number of aromatic nitrogens is 2. The Morgan fingerprint density at radius 2 is 1.82 bits per heavy atom. The van der Waals surface area contributed by atoms with E-state index < -0.39 is 22.0 Å². The van der Waals surface area contributed by atoms with Gasteiger partial charge in [0.1, 0.15) is 5.75 Å². The molecule has 0 spiro atoms. The maximum atomic E-state index is 12.5. The molecule has 0 bridgehead atoms. The van der Waals surface area contributed by atoms with Crippen molar-refractivity contribution in [1.29, 1.82) is 0 Å². The number of ether oxygens (including phenoxy) is 1. The lowest BCUT2D eigenvalue weighted by Gasteiger charge is -2.13. The molecule has 0 unspecified atom stereocenters. The van der Waals surface area contributed by atoms with Crippen molar-refractivity contribution in [3.05, 3.63) is 72.3 Å². The Bertz CT molecular complexity index is 1260. The summed E-state index contributed by atoms with van der Waals surface area (Å²) in [6, 6.07) is 16.1. The number of hydrogen-bond donors (Lipinski definition) is 1. The number of sulfonamides is 1. The van der Waals surface area contributed by atoms with Crippen molar-refractivity contribution in [2.45, 2.75) is 39.4 Å². The van der Waals surface area contributed by atoms with E-state index in [4.69, 9.17) is 4.74 Å². The van der Waals surface area contributed by atoms with Gasteiger partial charge in [-0.1, -0.05) is 50.8 Å². The van der Waals surface area contributed by atoms with Crippen LogP contribution in [0.25, 0.3) is 17.0 Å². The van der Waals surface area contributed by atoms with Crippen LogP contribution in [0.2, 0.25) is 0 Å². The third-order valence-electron chi connectivity index (χ3n) is 4.95. The molecule has 0 saturated carbocycles. The largest absolute Gasteiger partial charge is 0.439 e. The van der Waals surface area contributed by atoms with Crippen molar-refractivity contribution >= 4 is 15.7 Å². The molecule has 0 aliphatic heterocycles. The lowest BCUT2D eigenvalue weighted by molar-refractivity contribution is -0.106. The van der Waals surface area contributed by atoms with Gasteiger partial charge < -0.3 is 4.74 Å². The Kier molecular flexibility index (Phi) is 7.40. The zero-order chi connectivity index (χ0) is 25.1. The standard InChI is InChI=1S/C24H26F3N3O3S/c1-5-30-23(33-21-11-9-18(10-12-21)16(2)3)14-22(28-30)20-8-6-7-19(13-20)17(4)29-34(31,32)15-24(25,26)27/h6-14,16,29H,4-5,15H2,1-3H3. The van der Waals surface area contributed by atoms with E-state index in [1.165, 1.54) is 5.56 Å². The third-order valence-corrected chi connectivity index (χ3v) is 6.22. The van der Waals surface area contributed by atoms with Gasteiger partial charge in [-0.15, -0.1) is 0 Å². The summed E-state index contributed by atoms with van der Waals surface area (Å²) in [4.78, 5) is 0. The first-order valence-corrected chi connectivity index (χ1v) is 12.2. The summed E-state index contributed by atoms with van der Waals surface area (Å²) in [5.41, 5.74) is 2.54. The topological polar surface area (TPSA) is 73.2 Å². The molecule has 6 nitrogen and oxygen atoms in total. The van der Waals surface area contributed by atoms with Crippen LogP contribution in [0.1, 0.15) is 37.8 Å². The van der Waals surface area contributed by atoms with Gasteiger partial charge >= 0.3 is 6.18 Å². The van der Waals surface area contributed by atoms with Gasteiger partial charge in [-0.25, -0.2) is 13.1 Å². The van der Waals surface area contributed by atoms with E-state index in [1.807, 2.05) is 35.9 Å². The van der Waals surface area contributed by atoms with Crippen LogP contribution in [0, 0.1) is 0 Å². The fourth-order valence-corrected chi connectivity index (χ4v) is 4.25. The number of hydrogen-bond acceptors (Lipinski definition) is 4. The number of nitrogens with one attached hydrogen (secondary N) is 1. The summed E-state index contributed by atoms with van der Waals surface area (Å²) in [5.74, 6) is -0.406. The van der Waals surface area contributed by atoms with E-state index >= 15 is 0 Å². The van der Waals surface area contributed by atoms with Gasteiger partial charge in [-0.2, -0.15) is 18.3 Å². The second-order valence-corrected chi connectivity index (χ2v) is 9.77. The summed E-state index contributed by atoms with van der Waals surface area (Å²) in [5, 5.41) is 4.54. The predicted octanol–water partition coefficient (Wildman–Crippen LogP) is 5.94. The smallest absolute Gasteiger partial charge is 0.404 e. The van der Waals surface area contributed by atoms with Crippen LogP contribution < -0.4 is 9.46 Å². The molecule has 0 aliphatic carbocycles. The van der Waals surface area contributed by atoms with Gasteiger partial charge in [0, 0.05) is 23.9 Å². The van der Waals surface area contributed by atoms with E-state index in [9.17, 15) is 21.6 Å². The highest BCUT2D eigenvalue weighted by molar-refractivity contribution is 7.89. The fourth-order valence-electron chi connectivity index (χ4n) is 3.26. The molecule has 10 heteroatoms. The van der Waals surface area contributed by atoms with Gasteiger partial charge in [-0.05, 0) is 42.2 Å². The Balaban J connectivity index is 1.82. The van der Waals surface area contributed by atoms with Crippen molar-refractivity contribution in [3.8, 4) is 22.9 Å². The number of halogens is 3. The zero-order valence-electron chi connectivity index (χ0n) is 19.1. The molecule has 0 amide bonds. The van der Waals surface area contributed by atoms with E-state index in [0.717, 1.165) is 0 Å². The summed E-state index contributed by atoms with van der Waals surface area (Å²) in [6.07, 6.45) is -4.85. The van der Waals surface area contributed by atoms with Gasteiger partial charge in [-0.3, -0.25) is 4.72 Å². The first-order chi connectivity index (χ1) is 15.9. The molecule has 2 aromatic carbocycles. The number of benzene rings is 2. The number of rotatable bonds is 9. The maximum absolute atomic E-state index is 12.5. The zero-order valence-corrected chi connectivity index (χ0v) is 19.9. The van der Waals surface area contributed by atoms with Crippen molar-refractivity contribution < 1.29 is 26.3 Å². The molecule has 0 aliphatic rings. The quantitative estimate of drug-likeness (QED) is 0.401. The molecule has 0 atom stereocenters. The highest BCUT2D eigenvalue weighted by atomic mass is 32.2. The van der Waals surface area contributed by atoms with Gasteiger partial charge in [0.05, 0.1) is 5.69 Å². The summed E-state index contributed by atoms with van der Waals surface area (Å²) in [6.45, 7) is 10.3. The van der Waals surface area contributed by atoms with Crippen LogP contribution in [0.4, 0.5) is 13.2 Å². The summed E-state index contributed by atoms with van der Waals surface area (Å²) in [7, 11) is -4.63. The Labute approximate surface area is 197 Å². The first kappa shape index (κ1) is 25.4. The minimum Gasteiger partial charge on any atom is -0.439 e. The Hall–Kier alpha value is -3.27. The molecule has 3 aromatic rings. The molecule has 0 fully saturated rings. The predicted molar refractivity (Wildman–Crippen MR) is 126 cm³/mol. The van der Waals surface area contributed by atoms with E-state index in [0.29, 0.717) is 40.9 Å². The lowest BCUT2D eigenvalue weighted by atomic mass is 10.0. The molecule has 3 rings (SSSR count).